The van der Waals surface area contributed by atoms with E-state index >= 15 is 0 Å². The van der Waals surface area contributed by atoms with Crippen molar-refractivity contribution < 1.29 is 14.3 Å². The van der Waals surface area contributed by atoms with Crippen LogP contribution in [0.2, 0.25) is 0 Å². The molecule has 0 aliphatic rings. The number of carbonyl (C=O) groups excluding carboxylic acids is 1. The van der Waals surface area contributed by atoms with Gasteiger partial charge in [-0.1, -0.05) is 0 Å². The van der Waals surface area contributed by atoms with Crippen LogP contribution in [0.1, 0.15) is 19.8 Å². The smallest absolute Gasteiger partial charge is 0.302 e. The number of hydrogen-bond donors (Lipinski definition) is 4. The van der Waals surface area contributed by atoms with Crippen LogP contribution in [0.4, 0.5) is 0 Å². The maximum atomic E-state index is 10.5. The molecule has 0 fully saturated rings. The number of methoxy groups -OCH3 is 1. The summed E-state index contributed by atoms with van der Waals surface area (Å²) in [6.45, 7) is 9.02. The Morgan fingerprint density at radius 3 is 1.86 bits per heavy atom. The van der Waals surface area contributed by atoms with Crippen LogP contribution in [0.5, 0.6) is 0 Å². The first-order valence-corrected chi connectivity index (χ1v) is 7.72. The maximum absolute atomic E-state index is 10.5. The van der Waals surface area contributed by atoms with Crippen LogP contribution in [-0.2, 0) is 14.3 Å². The third-order valence-electron chi connectivity index (χ3n) is 2.74. The number of esters is 1. The van der Waals surface area contributed by atoms with Crippen molar-refractivity contribution in [2.75, 3.05) is 66.3 Å². The van der Waals surface area contributed by atoms with E-state index in [1.54, 1.807) is 7.11 Å². The molecular formula is C14H32N4O3. The molecule has 0 aromatic carbocycles. The van der Waals surface area contributed by atoms with Crippen LogP contribution in [-0.4, -0.2) is 72.2 Å². The van der Waals surface area contributed by atoms with Crippen molar-refractivity contribution in [3.63, 3.8) is 0 Å². The monoisotopic (exact) mass is 304 g/mol. The molecule has 0 heterocycles. The number of rotatable bonds is 16. The van der Waals surface area contributed by atoms with Crippen molar-refractivity contribution in [3.8, 4) is 0 Å². The molecule has 0 aromatic heterocycles. The maximum Gasteiger partial charge on any atom is 0.302 e. The van der Waals surface area contributed by atoms with Gasteiger partial charge >= 0.3 is 5.97 Å². The van der Waals surface area contributed by atoms with Gasteiger partial charge in [-0.05, 0) is 25.9 Å². The first kappa shape index (κ1) is 20.3. The van der Waals surface area contributed by atoms with E-state index in [9.17, 15) is 4.79 Å². The molecular weight excluding hydrogens is 272 g/mol. The second-order valence-corrected chi connectivity index (χ2v) is 4.73. The molecule has 0 radical (unpaired) electrons. The standard InChI is InChI=1S/C14H32N4O3/c1-14(19)21-12-11-17-8-7-15-5-3-4-6-16-9-10-18-13-20-2/h15-18H,3-13H2,1-2H3. The summed E-state index contributed by atoms with van der Waals surface area (Å²) < 4.78 is 9.71. The highest BCUT2D eigenvalue weighted by molar-refractivity contribution is 5.65. The minimum atomic E-state index is -0.224. The van der Waals surface area contributed by atoms with Gasteiger partial charge in [0.1, 0.15) is 6.61 Å². The topological polar surface area (TPSA) is 83.7 Å². The lowest BCUT2D eigenvalue weighted by atomic mass is 10.3. The van der Waals surface area contributed by atoms with Crippen LogP contribution in [0.15, 0.2) is 0 Å². The van der Waals surface area contributed by atoms with Gasteiger partial charge in [0.25, 0.3) is 0 Å². The third-order valence-corrected chi connectivity index (χ3v) is 2.74. The number of unbranched alkanes of at least 4 members (excludes halogenated alkanes) is 1. The van der Waals surface area contributed by atoms with E-state index in [-0.39, 0.29) is 5.97 Å². The summed E-state index contributed by atoms with van der Waals surface area (Å²) in [4.78, 5) is 10.5. The van der Waals surface area contributed by atoms with Crippen molar-refractivity contribution in [1.29, 1.82) is 0 Å². The highest BCUT2D eigenvalue weighted by Gasteiger charge is 1.93. The van der Waals surface area contributed by atoms with Crippen LogP contribution in [0.3, 0.4) is 0 Å². The van der Waals surface area contributed by atoms with E-state index in [0.29, 0.717) is 19.9 Å². The number of nitrogens with one attached hydrogen (secondary N) is 4. The van der Waals surface area contributed by atoms with Crippen molar-refractivity contribution >= 4 is 5.97 Å². The first-order valence-electron chi connectivity index (χ1n) is 7.72. The van der Waals surface area contributed by atoms with Crippen molar-refractivity contribution in [2.24, 2.45) is 0 Å². The molecule has 126 valence electrons. The Labute approximate surface area is 128 Å². The summed E-state index contributed by atoms with van der Waals surface area (Å²) in [6, 6.07) is 0. The van der Waals surface area contributed by atoms with E-state index in [4.69, 9.17) is 9.47 Å². The van der Waals surface area contributed by atoms with Gasteiger partial charge in [-0.2, -0.15) is 0 Å². The second-order valence-electron chi connectivity index (χ2n) is 4.73. The summed E-state index contributed by atoms with van der Waals surface area (Å²) in [5.41, 5.74) is 0. The molecule has 0 aliphatic heterocycles. The minimum Gasteiger partial charge on any atom is -0.465 e. The predicted molar refractivity (Wildman–Crippen MR) is 84.4 cm³/mol. The highest BCUT2D eigenvalue weighted by Crippen LogP contribution is 1.83. The minimum absolute atomic E-state index is 0.224. The molecule has 0 saturated heterocycles. The van der Waals surface area contributed by atoms with Crippen LogP contribution < -0.4 is 21.3 Å². The largest absolute Gasteiger partial charge is 0.465 e. The van der Waals surface area contributed by atoms with E-state index in [1.165, 1.54) is 19.8 Å². The van der Waals surface area contributed by atoms with E-state index in [0.717, 1.165) is 39.3 Å². The lowest BCUT2D eigenvalue weighted by Gasteiger charge is -2.08. The third kappa shape index (κ3) is 19.3. The number of carbonyl (C=O) groups is 1. The molecule has 4 N–H and O–H groups in total. The Hall–Kier alpha value is -0.730. The zero-order valence-electron chi connectivity index (χ0n) is 13.5. The summed E-state index contributed by atoms with van der Waals surface area (Å²) >= 11 is 0. The van der Waals surface area contributed by atoms with Crippen LogP contribution >= 0.6 is 0 Å². The summed E-state index contributed by atoms with van der Waals surface area (Å²) in [6.07, 6.45) is 2.35. The highest BCUT2D eigenvalue weighted by atomic mass is 16.5. The van der Waals surface area contributed by atoms with Gasteiger partial charge in [0, 0.05) is 46.8 Å². The number of ether oxygens (including phenoxy) is 2. The summed E-state index contributed by atoms with van der Waals surface area (Å²) in [7, 11) is 1.68. The van der Waals surface area contributed by atoms with Gasteiger partial charge < -0.3 is 25.4 Å². The molecule has 0 aromatic rings. The Bertz CT molecular complexity index is 230. The summed E-state index contributed by atoms with van der Waals surface area (Å²) in [5, 5.41) is 13.1. The molecule has 0 atom stereocenters. The SMILES string of the molecule is COCNCCNCCCCNCCNCCOC(C)=O. The second kappa shape index (κ2) is 17.3. The van der Waals surface area contributed by atoms with Gasteiger partial charge in [0.15, 0.2) is 0 Å². The van der Waals surface area contributed by atoms with Gasteiger partial charge in [-0.3, -0.25) is 10.1 Å². The normalized spacial score (nSPS) is 10.8. The molecule has 0 spiro atoms. The average molecular weight is 304 g/mol. The van der Waals surface area contributed by atoms with E-state index in [2.05, 4.69) is 21.3 Å². The molecule has 0 rings (SSSR count). The average Bonchev–Trinajstić information content (AvgIpc) is 2.46. The fourth-order valence-electron chi connectivity index (χ4n) is 1.67. The van der Waals surface area contributed by atoms with Gasteiger partial charge in [0.2, 0.25) is 0 Å². The molecule has 0 unspecified atom stereocenters. The molecule has 0 bridgehead atoms. The first-order chi connectivity index (χ1) is 10.3. The zero-order chi connectivity index (χ0) is 15.6. The Morgan fingerprint density at radius 2 is 1.33 bits per heavy atom. The summed E-state index contributed by atoms with van der Waals surface area (Å²) in [5.74, 6) is -0.224. The van der Waals surface area contributed by atoms with Crippen LogP contribution in [0, 0.1) is 0 Å². The van der Waals surface area contributed by atoms with Crippen LogP contribution in [0.25, 0.3) is 0 Å². The Balaban J connectivity index is 2.95. The fourth-order valence-corrected chi connectivity index (χ4v) is 1.67. The van der Waals surface area contributed by atoms with Gasteiger partial charge in [-0.15, -0.1) is 0 Å². The van der Waals surface area contributed by atoms with Crippen molar-refractivity contribution in [1.82, 2.24) is 21.3 Å². The molecule has 0 aliphatic carbocycles. The van der Waals surface area contributed by atoms with Gasteiger partial charge in [-0.25, -0.2) is 0 Å². The molecule has 7 nitrogen and oxygen atoms in total. The fraction of sp³-hybridized carbons (Fsp3) is 0.929. The number of hydrogen-bond acceptors (Lipinski definition) is 7. The Morgan fingerprint density at radius 1 is 0.810 bits per heavy atom. The Kier molecular flexibility index (Phi) is 16.7. The zero-order valence-corrected chi connectivity index (χ0v) is 13.5. The van der Waals surface area contributed by atoms with E-state index in [1.807, 2.05) is 0 Å². The lowest BCUT2D eigenvalue weighted by Crippen LogP contribution is -2.31. The lowest BCUT2D eigenvalue weighted by molar-refractivity contribution is -0.140. The van der Waals surface area contributed by atoms with Gasteiger partial charge in [0.05, 0.1) is 6.73 Å². The van der Waals surface area contributed by atoms with Crippen molar-refractivity contribution in [2.45, 2.75) is 19.8 Å². The molecule has 0 saturated carbocycles. The molecule has 0 amide bonds. The quantitative estimate of drug-likeness (QED) is 0.170. The molecule has 21 heavy (non-hydrogen) atoms. The molecule has 7 heteroatoms. The predicted octanol–water partition coefficient (Wildman–Crippen LogP) is -0.708. The van der Waals surface area contributed by atoms with Crippen molar-refractivity contribution in [3.05, 3.63) is 0 Å². The van der Waals surface area contributed by atoms with E-state index < -0.39 is 0 Å².